The molecule has 98 valence electrons. The quantitative estimate of drug-likeness (QED) is 0.492. The Kier molecular flexibility index (Phi) is 3.97. The first-order valence-corrected chi connectivity index (χ1v) is 4.90. The van der Waals surface area contributed by atoms with E-state index in [4.69, 9.17) is 11.6 Å². The van der Waals surface area contributed by atoms with Crippen molar-refractivity contribution < 1.29 is 13.2 Å². The van der Waals surface area contributed by atoms with Crippen LogP contribution in [-0.4, -0.2) is 17.0 Å². The highest BCUT2D eigenvalue weighted by Crippen LogP contribution is 2.28. The summed E-state index contributed by atoms with van der Waals surface area (Å²) in [6.07, 6.45) is -2.16. The zero-order valence-electron chi connectivity index (χ0n) is 9.70. The summed E-state index contributed by atoms with van der Waals surface area (Å²) in [6.45, 7) is 3.72. The fourth-order valence-corrected chi connectivity index (χ4v) is 1.32. The van der Waals surface area contributed by atoms with Crippen molar-refractivity contribution >= 4 is 5.57 Å². The van der Waals surface area contributed by atoms with Crippen LogP contribution in [0.5, 0.6) is 0 Å². The van der Waals surface area contributed by atoms with Crippen LogP contribution in [0.15, 0.2) is 36.8 Å². The number of hydrazine groups is 1. The van der Waals surface area contributed by atoms with E-state index in [0.29, 0.717) is 16.8 Å². The van der Waals surface area contributed by atoms with E-state index < -0.39 is 11.9 Å². The summed E-state index contributed by atoms with van der Waals surface area (Å²) in [7, 11) is 1.54. The van der Waals surface area contributed by atoms with Crippen molar-refractivity contribution in [2.24, 2.45) is 11.6 Å². The van der Waals surface area contributed by atoms with Gasteiger partial charge in [-0.25, -0.2) is 5.84 Å². The number of nitrogens with two attached hydrogens (primary N) is 2. The molecule has 0 atom stereocenters. The first-order chi connectivity index (χ1) is 8.27. The Bertz CT molecular complexity index is 460. The van der Waals surface area contributed by atoms with Gasteiger partial charge in [0.25, 0.3) is 0 Å². The molecular weight excluding hydrogens is 245 g/mol. The Morgan fingerprint density at radius 1 is 1.44 bits per heavy atom. The van der Waals surface area contributed by atoms with Crippen molar-refractivity contribution in [1.82, 2.24) is 9.99 Å². The molecule has 18 heavy (non-hydrogen) atoms. The second-order valence-corrected chi connectivity index (χ2v) is 3.57. The van der Waals surface area contributed by atoms with Crippen LogP contribution in [0.25, 0.3) is 5.57 Å². The summed E-state index contributed by atoms with van der Waals surface area (Å²) in [6, 6.07) is 2.15. The third-order valence-electron chi connectivity index (χ3n) is 2.25. The summed E-state index contributed by atoms with van der Waals surface area (Å²) in [5.41, 5.74) is 5.61. The number of likely N-dealkylation sites (N-methyl/N-ethyl adjacent to an activating group) is 1. The molecule has 7 heteroatoms. The SMILES string of the molecule is C=C(/C(=C/N)N(C)N)c1ccc(C(F)(F)F)nc1. The molecule has 0 radical (unpaired) electrons. The van der Waals surface area contributed by atoms with Gasteiger partial charge < -0.3 is 10.7 Å². The Balaban J connectivity index is 3.03. The molecule has 0 aromatic carbocycles. The Morgan fingerprint density at radius 3 is 2.39 bits per heavy atom. The molecule has 0 spiro atoms. The molecule has 0 saturated carbocycles. The lowest BCUT2D eigenvalue weighted by Gasteiger charge is -2.18. The molecule has 4 nitrogen and oxygen atoms in total. The van der Waals surface area contributed by atoms with E-state index in [1.54, 1.807) is 7.05 Å². The predicted molar refractivity (Wildman–Crippen MR) is 62.5 cm³/mol. The zero-order valence-corrected chi connectivity index (χ0v) is 9.70. The number of hydrogen-bond donors (Lipinski definition) is 2. The van der Waals surface area contributed by atoms with Crippen molar-refractivity contribution in [1.29, 1.82) is 0 Å². The fraction of sp³-hybridized carbons (Fsp3) is 0.182. The van der Waals surface area contributed by atoms with Crippen LogP contribution < -0.4 is 11.6 Å². The van der Waals surface area contributed by atoms with Gasteiger partial charge in [-0.15, -0.1) is 0 Å². The highest BCUT2D eigenvalue weighted by Gasteiger charge is 2.32. The summed E-state index contributed by atoms with van der Waals surface area (Å²) < 4.78 is 37.0. The third kappa shape index (κ3) is 3.01. The van der Waals surface area contributed by atoms with Crippen molar-refractivity contribution in [2.75, 3.05) is 7.05 Å². The molecule has 0 aliphatic carbocycles. The Hall–Kier alpha value is -2.02. The van der Waals surface area contributed by atoms with Gasteiger partial charge in [0, 0.05) is 30.6 Å². The molecule has 0 aliphatic rings. The normalized spacial score (nSPS) is 12.4. The van der Waals surface area contributed by atoms with E-state index in [0.717, 1.165) is 12.3 Å². The van der Waals surface area contributed by atoms with Crippen LogP contribution in [0.1, 0.15) is 11.3 Å². The van der Waals surface area contributed by atoms with Gasteiger partial charge >= 0.3 is 6.18 Å². The Morgan fingerprint density at radius 2 is 2.06 bits per heavy atom. The lowest BCUT2D eigenvalue weighted by Crippen LogP contribution is -2.26. The first-order valence-electron chi connectivity index (χ1n) is 4.90. The van der Waals surface area contributed by atoms with Crippen LogP contribution in [0.4, 0.5) is 13.2 Å². The van der Waals surface area contributed by atoms with Gasteiger partial charge in [-0.2, -0.15) is 13.2 Å². The van der Waals surface area contributed by atoms with E-state index in [-0.39, 0.29) is 0 Å². The van der Waals surface area contributed by atoms with Crippen LogP contribution >= 0.6 is 0 Å². The van der Waals surface area contributed by atoms with Gasteiger partial charge in [-0.3, -0.25) is 4.98 Å². The number of halogens is 3. The van der Waals surface area contributed by atoms with Crippen molar-refractivity contribution in [2.45, 2.75) is 6.18 Å². The maximum atomic E-state index is 12.3. The van der Waals surface area contributed by atoms with Crippen LogP contribution in [0, 0.1) is 0 Å². The zero-order chi connectivity index (χ0) is 13.9. The van der Waals surface area contributed by atoms with Crippen LogP contribution in [0.3, 0.4) is 0 Å². The number of aromatic nitrogens is 1. The average Bonchev–Trinajstić information content (AvgIpc) is 2.28. The van der Waals surface area contributed by atoms with E-state index in [1.165, 1.54) is 17.3 Å². The molecule has 0 fully saturated rings. The van der Waals surface area contributed by atoms with Crippen molar-refractivity contribution in [3.05, 3.63) is 48.1 Å². The number of allylic oxidation sites excluding steroid dienone is 1. The summed E-state index contributed by atoms with van der Waals surface area (Å²) in [5, 5.41) is 1.22. The number of rotatable bonds is 3. The topological polar surface area (TPSA) is 68.2 Å². The minimum atomic E-state index is -4.46. The van der Waals surface area contributed by atoms with E-state index >= 15 is 0 Å². The van der Waals surface area contributed by atoms with E-state index in [9.17, 15) is 13.2 Å². The second-order valence-electron chi connectivity index (χ2n) is 3.57. The Labute approximate surface area is 102 Å². The van der Waals surface area contributed by atoms with Gasteiger partial charge in [-0.05, 0) is 6.07 Å². The van der Waals surface area contributed by atoms with E-state index in [2.05, 4.69) is 11.6 Å². The monoisotopic (exact) mass is 258 g/mol. The lowest BCUT2D eigenvalue weighted by molar-refractivity contribution is -0.141. The fourth-order valence-electron chi connectivity index (χ4n) is 1.32. The van der Waals surface area contributed by atoms with Gasteiger partial charge in [0.05, 0.1) is 5.70 Å². The maximum absolute atomic E-state index is 12.3. The van der Waals surface area contributed by atoms with Gasteiger partial charge in [0.2, 0.25) is 0 Å². The van der Waals surface area contributed by atoms with Gasteiger partial charge in [0.1, 0.15) is 5.69 Å². The number of hydrogen-bond acceptors (Lipinski definition) is 4. The molecule has 0 amide bonds. The smallest absolute Gasteiger partial charge is 0.403 e. The molecule has 1 heterocycles. The largest absolute Gasteiger partial charge is 0.433 e. The van der Waals surface area contributed by atoms with Crippen molar-refractivity contribution in [3.8, 4) is 0 Å². The molecule has 0 saturated heterocycles. The van der Waals surface area contributed by atoms with Gasteiger partial charge in [0.15, 0.2) is 0 Å². The molecule has 0 unspecified atom stereocenters. The number of alkyl halides is 3. The summed E-state index contributed by atoms with van der Waals surface area (Å²) in [4.78, 5) is 3.33. The molecule has 4 N–H and O–H groups in total. The minimum Gasteiger partial charge on any atom is -0.403 e. The van der Waals surface area contributed by atoms with Crippen LogP contribution in [-0.2, 0) is 6.18 Å². The van der Waals surface area contributed by atoms with Crippen LogP contribution in [0.2, 0.25) is 0 Å². The maximum Gasteiger partial charge on any atom is 0.433 e. The molecule has 1 rings (SSSR count). The van der Waals surface area contributed by atoms with Gasteiger partial charge in [-0.1, -0.05) is 12.6 Å². The molecular formula is C11H13F3N4. The lowest BCUT2D eigenvalue weighted by atomic mass is 10.1. The number of nitrogens with zero attached hydrogens (tertiary/aromatic N) is 2. The first kappa shape index (κ1) is 14.0. The van der Waals surface area contributed by atoms with E-state index in [1.807, 2.05) is 0 Å². The highest BCUT2D eigenvalue weighted by atomic mass is 19.4. The predicted octanol–water partition coefficient (Wildman–Crippen LogP) is 1.72. The minimum absolute atomic E-state index is 0.392. The molecule has 0 bridgehead atoms. The summed E-state index contributed by atoms with van der Waals surface area (Å²) >= 11 is 0. The molecule has 1 aromatic rings. The molecule has 1 aromatic heterocycles. The second kappa shape index (κ2) is 5.09. The highest BCUT2D eigenvalue weighted by molar-refractivity contribution is 5.75. The van der Waals surface area contributed by atoms with Crippen molar-refractivity contribution in [3.63, 3.8) is 0 Å². The average molecular weight is 258 g/mol. The molecule has 0 aliphatic heterocycles. The standard InChI is InChI=1S/C11H13F3N4/c1-7(9(5-15)18(2)16)8-3-4-10(17-6-8)11(12,13)14/h3-6H,1,15-16H2,2H3/b9-5-. The summed E-state index contributed by atoms with van der Waals surface area (Å²) in [5.74, 6) is 5.51. The number of pyridine rings is 1. The third-order valence-corrected chi connectivity index (χ3v) is 2.25.